The van der Waals surface area contributed by atoms with Gasteiger partial charge >= 0.3 is 0 Å². The Kier molecular flexibility index (Phi) is 4.78. The number of rotatable bonds is 4. The van der Waals surface area contributed by atoms with Crippen LogP contribution in [0.1, 0.15) is 49.8 Å². The molecule has 0 N–H and O–H groups in total. The van der Waals surface area contributed by atoms with Crippen molar-refractivity contribution in [3.63, 3.8) is 0 Å². The molecule has 0 saturated heterocycles. The molecule has 1 aliphatic rings. The highest BCUT2D eigenvalue weighted by Gasteiger charge is 2.18. The summed E-state index contributed by atoms with van der Waals surface area (Å²) in [6.45, 7) is 4.48. The fraction of sp³-hybridized carbons (Fsp3) is 0.471. The predicted molar refractivity (Wildman–Crippen MR) is 81.4 cm³/mol. The van der Waals surface area contributed by atoms with Crippen molar-refractivity contribution in [3.8, 4) is 0 Å². The maximum Gasteiger partial charge on any atom is 0.106 e. The third-order valence-electron chi connectivity index (χ3n) is 3.44. The van der Waals surface area contributed by atoms with Crippen LogP contribution in [0.3, 0.4) is 0 Å². The molecule has 0 atom stereocenters. The lowest BCUT2D eigenvalue weighted by atomic mass is 9.86. The van der Waals surface area contributed by atoms with Crippen LogP contribution in [0.15, 0.2) is 29.4 Å². The summed E-state index contributed by atoms with van der Waals surface area (Å²) in [5, 5.41) is 4.21. The molecule has 0 saturated carbocycles. The van der Waals surface area contributed by atoms with Crippen LogP contribution < -0.4 is 0 Å². The fourth-order valence-electron chi connectivity index (χ4n) is 2.56. The number of nitrogens with zero attached hydrogens (tertiary/aromatic N) is 1. The van der Waals surface area contributed by atoms with E-state index in [9.17, 15) is 0 Å². The molecule has 1 aromatic carbocycles. The van der Waals surface area contributed by atoms with Crippen LogP contribution in [0, 0.1) is 5.92 Å². The van der Waals surface area contributed by atoms with Crippen molar-refractivity contribution in [3.05, 3.63) is 41.0 Å². The van der Waals surface area contributed by atoms with Crippen LogP contribution in [0.2, 0.25) is 0 Å². The van der Waals surface area contributed by atoms with Gasteiger partial charge in [0.15, 0.2) is 0 Å². The molecule has 0 amide bonds. The van der Waals surface area contributed by atoms with E-state index in [-0.39, 0.29) is 0 Å². The summed E-state index contributed by atoms with van der Waals surface area (Å²) < 4.78 is 0. The van der Waals surface area contributed by atoms with Crippen molar-refractivity contribution in [2.75, 3.05) is 7.11 Å². The Morgan fingerprint density at radius 2 is 2.16 bits per heavy atom. The molecule has 1 aromatic rings. The van der Waals surface area contributed by atoms with E-state index in [0.29, 0.717) is 5.92 Å². The standard InChI is InChI=1S/C17H23NO/c1-13(2)7-4-8-14-9-5-10-15-11-6-12-16(17(14)15)18-19-3/h4-5,8-10,13H,6-7,11-12H2,1-3H3/b8-4+,18-16+. The van der Waals surface area contributed by atoms with Crippen molar-refractivity contribution in [2.45, 2.75) is 39.5 Å². The molecule has 2 rings (SSSR count). The van der Waals surface area contributed by atoms with Crippen molar-refractivity contribution in [2.24, 2.45) is 11.1 Å². The number of benzene rings is 1. The van der Waals surface area contributed by atoms with Gasteiger partial charge in [0.1, 0.15) is 7.11 Å². The maximum absolute atomic E-state index is 5.00. The van der Waals surface area contributed by atoms with Crippen LogP contribution in [0.5, 0.6) is 0 Å². The molecular weight excluding hydrogens is 234 g/mol. The van der Waals surface area contributed by atoms with E-state index in [2.05, 4.69) is 49.4 Å². The van der Waals surface area contributed by atoms with Gasteiger partial charge in [-0.25, -0.2) is 0 Å². The van der Waals surface area contributed by atoms with E-state index in [1.54, 1.807) is 7.11 Å². The Balaban J connectivity index is 2.34. The molecule has 0 unspecified atom stereocenters. The van der Waals surface area contributed by atoms with Gasteiger partial charge in [0.25, 0.3) is 0 Å². The van der Waals surface area contributed by atoms with Gasteiger partial charge in [0.05, 0.1) is 5.71 Å². The highest BCUT2D eigenvalue weighted by Crippen LogP contribution is 2.26. The van der Waals surface area contributed by atoms with Gasteiger partial charge in [0.2, 0.25) is 0 Å². The Bertz CT molecular complexity index is 486. The quantitative estimate of drug-likeness (QED) is 0.731. The number of aryl methyl sites for hydroxylation is 1. The average molecular weight is 257 g/mol. The summed E-state index contributed by atoms with van der Waals surface area (Å²) in [4.78, 5) is 5.00. The van der Waals surface area contributed by atoms with E-state index in [1.807, 2.05) is 0 Å². The SMILES string of the molecule is CO/N=C1\CCCc2cccc(/C=C/CC(C)C)c21. The first-order valence-electron chi connectivity index (χ1n) is 7.11. The molecule has 0 bridgehead atoms. The van der Waals surface area contributed by atoms with Crippen LogP contribution >= 0.6 is 0 Å². The first kappa shape index (κ1) is 13.9. The van der Waals surface area contributed by atoms with E-state index < -0.39 is 0 Å². The summed E-state index contributed by atoms with van der Waals surface area (Å²) in [7, 11) is 1.62. The van der Waals surface area contributed by atoms with Crippen LogP contribution in [-0.2, 0) is 11.3 Å². The van der Waals surface area contributed by atoms with E-state index in [0.717, 1.165) is 31.4 Å². The van der Waals surface area contributed by atoms with Crippen molar-refractivity contribution in [1.82, 2.24) is 0 Å². The second-order valence-electron chi connectivity index (χ2n) is 5.49. The number of hydrogen-bond acceptors (Lipinski definition) is 2. The molecule has 0 radical (unpaired) electrons. The van der Waals surface area contributed by atoms with Crippen molar-refractivity contribution < 1.29 is 4.84 Å². The lowest BCUT2D eigenvalue weighted by Gasteiger charge is -2.19. The highest BCUT2D eigenvalue weighted by molar-refractivity contribution is 6.05. The number of oxime groups is 1. The topological polar surface area (TPSA) is 21.6 Å². The minimum Gasteiger partial charge on any atom is -0.399 e. The average Bonchev–Trinajstić information content (AvgIpc) is 2.39. The third kappa shape index (κ3) is 3.46. The molecule has 2 nitrogen and oxygen atoms in total. The molecule has 0 heterocycles. The Morgan fingerprint density at radius 3 is 2.89 bits per heavy atom. The summed E-state index contributed by atoms with van der Waals surface area (Å²) in [6.07, 6.45) is 8.92. The van der Waals surface area contributed by atoms with Crippen LogP contribution in [-0.4, -0.2) is 12.8 Å². The minimum atomic E-state index is 0.697. The molecular formula is C17H23NO. The molecule has 0 fully saturated rings. The summed E-state index contributed by atoms with van der Waals surface area (Å²) in [6, 6.07) is 6.52. The predicted octanol–water partition coefficient (Wildman–Crippen LogP) is 4.43. The van der Waals surface area contributed by atoms with Gasteiger partial charge in [-0.15, -0.1) is 0 Å². The first-order valence-corrected chi connectivity index (χ1v) is 7.11. The first-order chi connectivity index (χ1) is 9.22. The monoisotopic (exact) mass is 257 g/mol. The van der Waals surface area contributed by atoms with Gasteiger partial charge in [-0.1, -0.05) is 49.4 Å². The van der Waals surface area contributed by atoms with E-state index in [1.165, 1.54) is 16.7 Å². The highest BCUT2D eigenvalue weighted by atomic mass is 16.6. The van der Waals surface area contributed by atoms with Crippen LogP contribution in [0.4, 0.5) is 0 Å². The van der Waals surface area contributed by atoms with Crippen LogP contribution in [0.25, 0.3) is 6.08 Å². The minimum absolute atomic E-state index is 0.697. The maximum atomic E-state index is 5.00. The second-order valence-corrected chi connectivity index (χ2v) is 5.49. The second kappa shape index (κ2) is 6.55. The number of hydrogen-bond donors (Lipinski definition) is 0. The smallest absolute Gasteiger partial charge is 0.106 e. The normalized spacial score (nSPS) is 17.2. The Morgan fingerprint density at radius 1 is 1.32 bits per heavy atom. The molecule has 0 aliphatic heterocycles. The zero-order valence-corrected chi connectivity index (χ0v) is 12.1. The molecule has 1 aliphatic carbocycles. The lowest BCUT2D eigenvalue weighted by molar-refractivity contribution is 0.212. The third-order valence-corrected chi connectivity index (χ3v) is 3.44. The fourth-order valence-corrected chi connectivity index (χ4v) is 2.56. The van der Waals surface area contributed by atoms with Gasteiger partial charge in [0, 0.05) is 5.56 Å². The Hall–Kier alpha value is -1.57. The zero-order chi connectivity index (χ0) is 13.7. The molecule has 0 aromatic heterocycles. The summed E-state index contributed by atoms with van der Waals surface area (Å²) in [5.41, 5.74) is 5.05. The lowest BCUT2D eigenvalue weighted by Crippen LogP contribution is -2.14. The zero-order valence-electron chi connectivity index (χ0n) is 12.1. The van der Waals surface area contributed by atoms with E-state index in [4.69, 9.17) is 4.84 Å². The molecule has 0 spiro atoms. The largest absolute Gasteiger partial charge is 0.399 e. The van der Waals surface area contributed by atoms with Gasteiger partial charge in [-0.2, -0.15) is 0 Å². The number of fused-ring (bicyclic) bond motifs is 1. The van der Waals surface area contributed by atoms with Crippen molar-refractivity contribution >= 4 is 11.8 Å². The van der Waals surface area contributed by atoms with Crippen molar-refractivity contribution in [1.29, 1.82) is 0 Å². The van der Waals surface area contributed by atoms with Gasteiger partial charge in [-0.3, -0.25) is 0 Å². The summed E-state index contributed by atoms with van der Waals surface area (Å²) >= 11 is 0. The van der Waals surface area contributed by atoms with Gasteiger partial charge < -0.3 is 4.84 Å². The number of allylic oxidation sites excluding steroid dienone is 1. The molecule has 102 valence electrons. The summed E-state index contributed by atoms with van der Waals surface area (Å²) in [5.74, 6) is 0.697. The molecule has 2 heteroatoms. The van der Waals surface area contributed by atoms with Gasteiger partial charge in [-0.05, 0) is 42.7 Å². The Labute approximate surface area is 116 Å². The van der Waals surface area contributed by atoms with E-state index >= 15 is 0 Å². The molecule has 19 heavy (non-hydrogen) atoms.